The van der Waals surface area contributed by atoms with Crippen molar-refractivity contribution in [2.45, 2.75) is 13.8 Å². The molecule has 0 fully saturated rings. The van der Waals surface area contributed by atoms with Gasteiger partial charge in [0.25, 0.3) is 5.91 Å². The Labute approximate surface area is 151 Å². The molecule has 0 saturated carbocycles. The van der Waals surface area contributed by atoms with E-state index in [-0.39, 0.29) is 12.5 Å². The van der Waals surface area contributed by atoms with Gasteiger partial charge in [-0.2, -0.15) is 5.10 Å². The molecule has 1 N–H and O–H groups in total. The topological polar surface area (TPSA) is 73.2 Å². The Bertz CT molecular complexity index is 929. The number of benzene rings is 2. The van der Waals surface area contributed by atoms with Crippen molar-refractivity contribution in [3.63, 3.8) is 0 Å². The first-order valence-electron chi connectivity index (χ1n) is 8.18. The maximum absolute atomic E-state index is 12.1. The molecule has 0 spiro atoms. The van der Waals surface area contributed by atoms with Crippen LogP contribution in [-0.2, 0) is 9.53 Å². The van der Waals surface area contributed by atoms with Gasteiger partial charge in [-0.3, -0.25) is 4.79 Å². The highest BCUT2D eigenvalue weighted by Crippen LogP contribution is 2.14. The Balaban J connectivity index is 1.57. The summed E-state index contributed by atoms with van der Waals surface area (Å²) < 4.78 is 6.85. The lowest BCUT2D eigenvalue weighted by Crippen LogP contribution is -2.21. The molecule has 0 radical (unpaired) electrons. The van der Waals surface area contributed by atoms with Crippen LogP contribution in [0.15, 0.2) is 60.8 Å². The molecule has 0 saturated heterocycles. The average Bonchev–Trinajstić information content (AvgIpc) is 3.08. The zero-order valence-electron chi connectivity index (χ0n) is 14.6. The van der Waals surface area contributed by atoms with Crippen molar-refractivity contribution in [1.82, 2.24) is 9.78 Å². The van der Waals surface area contributed by atoms with Gasteiger partial charge in [0, 0.05) is 17.6 Å². The standard InChI is InChI=1S/C20H19N3O3/c1-14-5-3-4-6-18(14)22-19(24)13-26-20(25)16-7-9-17(10-8-16)23-15(2)11-12-21-23/h3-12H,13H2,1-2H3,(H,22,24). The molecule has 1 amide bonds. The van der Waals surface area contributed by atoms with Crippen molar-refractivity contribution in [2.75, 3.05) is 11.9 Å². The fraction of sp³-hybridized carbons (Fsp3) is 0.150. The van der Waals surface area contributed by atoms with Gasteiger partial charge in [0.05, 0.1) is 11.3 Å². The van der Waals surface area contributed by atoms with Crippen molar-refractivity contribution >= 4 is 17.6 Å². The number of aromatic nitrogens is 2. The second-order valence-electron chi connectivity index (χ2n) is 5.87. The lowest BCUT2D eigenvalue weighted by Gasteiger charge is -2.09. The molecule has 0 unspecified atom stereocenters. The third-order valence-electron chi connectivity index (χ3n) is 3.93. The molecule has 1 aromatic heterocycles. The van der Waals surface area contributed by atoms with Crippen LogP contribution < -0.4 is 5.32 Å². The van der Waals surface area contributed by atoms with Crippen LogP contribution in [0.2, 0.25) is 0 Å². The van der Waals surface area contributed by atoms with E-state index in [9.17, 15) is 9.59 Å². The van der Waals surface area contributed by atoms with Crippen LogP contribution in [-0.4, -0.2) is 28.3 Å². The number of carbonyl (C=O) groups is 2. The molecule has 132 valence electrons. The Morgan fingerprint density at radius 2 is 1.77 bits per heavy atom. The Morgan fingerprint density at radius 1 is 1.04 bits per heavy atom. The molecule has 0 aliphatic rings. The normalized spacial score (nSPS) is 10.4. The SMILES string of the molecule is Cc1ccccc1NC(=O)COC(=O)c1ccc(-n2nccc2C)cc1. The summed E-state index contributed by atoms with van der Waals surface area (Å²) in [5.41, 5.74) is 3.86. The number of anilines is 1. The van der Waals surface area contributed by atoms with Gasteiger partial charge in [-0.15, -0.1) is 0 Å². The second kappa shape index (κ2) is 7.65. The van der Waals surface area contributed by atoms with E-state index in [2.05, 4.69) is 10.4 Å². The van der Waals surface area contributed by atoms with Crippen molar-refractivity contribution in [3.05, 3.63) is 77.6 Å². The maximum Gasteiger partial charge on any atom is 0.338 e. The zero-order valence-corrected chi connectivity index (χ0v) is 14.6. The lowest BCUT2D eigenvalue weighted by atomic mass is 10.2. The molecule has 0 aliphatic carbocycles. The van der Waals surface area contributed by atoms with E-state index in [4.69, 9.17) is 4.74 Å². The molecular formula is C20H19N3O3. The molecule has 6 nitrogen and oxygen atoms in total. The number of hydrogen-bond acceptors (Lipinski definition) is 4. The highest BCUT2D eigenvalue weighted by molar-refractivity contribution is 5.95. The molecule has 2 aromatic carbocycles. The predicted molar refractivity (Wildman–Crippen MR) is 98.4 cm³/mol. The third kappa shape index (κ3) is 3.97. The number of rotatable bonds is 5. The molecule has 0 bridgehead atoms. The first-order chi connectivity index (χ1) is 12.5. The minimum Gasteiger partial charge on any atom is -0.452 e. The maximum atomic E-state index is 12.1. The van der Waals surface area contributed by atoms with Crippen molar-refractivity contribution in [1.29, 1.82) is 0 Å². The van der Waals surface area contributed by atoms with Crippen LogP contribution >= 0.6 is 0 Å². The van der Waals surface area contributed by atoms with Gasteiger partial charge < -0.3 is 10.1 Å². The van der Waals surface area contributed by atoms with E-state index < -0.39 is 5.97 Å². The van der Waals surface area contributed by atoms with E-state index in [0.717, 1.165) is 16.9 Å². The largest absolute Gasteiger partial charge is 0.452 e. The summed E-state index contributed by atoms with van der Waals surface area (Å²) in [6, 6.07) is 16.2. The van der Waals surface area contributed by atoms with Crippen LogP contribution in [0.4, 0.5) is 5.69 Å². The minimum absolute atomic E-state index is 0.340. The van der Waals surface area contributed by atoms with Crippen LogP contribution in [0.1, 0.15) is 21.6 Å². The van der Waals surface area contributed by atoms with E-state index in [1.54, 1.807) is 41.2 Å². The molecule has 26 heavy (non-hydrogen) atoms. The lowest BCUT2D eigenvalue weighted by molar-refractivity contribution is -0.119. The second-order valence-corrected chi connectivity index (χ2v) is 5.87. The molecule has 1 heterocycles. The number of aryl methyl sites for hydroxylation is 2. The summed E-state index contributed by atoms with van der Waals surface area (Å²) in [5.74, 6) is -0.926. The number of hydrogen-bond donors (Lipinski definition) is 1. The van der Waals surface area contributed by atoms with Gasteiger partial charge in [-0.05, 0) is 55.8 Å². The van der Waals surface area contributed by atoms with Crippen LogP contribution in [0.25, 0.3) is 5.69 Å². The van der Waals surface area contributed by atoms with Crippen molar-refractivity contribution < 1.29 is 14.3 Å². The Morgan fingerprint density at radius 3 is 2.42 bits per heavy atom. The zero-order chi connectivity index (χ0) is 18.5. The molecule has 3 aromatic rings. The number of para-hydroxylation sites is 1. The van der Waals surface area contributed by atoms with Gasteiger partial charge in [0.1, 0.15) is 0 Å². The van der Waals surface area contributed by atoms with Crippen LogP contribution in [0.3, 0.4) is 0 Å². The summed E-state index contributed by atoms with van der Waals surface area (Å²) in [5, 5.41) is 6.94. The fourth-order valence-electron chi connectivity index (χ4n) is 2.49. The van der Waals surface area contributed by atoms with Gasteiger partial charge in [-0.25, -0.2) is 9.48 Å². The van der Waals surface area contributed by atoms with Crippen LogP contribution in [0, 0.1) is 13.8 Å². The van der Waals surface area contributed by atoms with Gasteiger partial charge in [-0.1, -0.05) is 18.2 Å². The molecule has 0 aliphatic heterocycles. The summed E-state index contributed by atoms with van der Waals surface area (Å²) in [6.07, 6.45) is 1.71. The number of nitrogens with one attached hydrogen (secondary N) is 1. The predicted octanol–water partition coefficient (Wildman–Crippen LogP) is 3.28. The highest BCUT2D eigenvalue weighted by Gasteiger charge is 2.11. The number of ether oxygens (including phenoxy) is 1. The van der Waals surface area contributed by atoms with E-state index in [1.165, 1.54) is 0 Å². The molecule has 6 heteroatoms. The number of amides is 1. The summed E-state index contributed by atoms with van der Waals surface area (Å²) in [6.45, 7) is 3.50. The first-order valence-corrected chi connectivity index (χ1v) is 8.18. The van der Waals surface area contributed by atoms with E-state index >= 15 is 0 Å². The summed E-state index contributed by atoms with van der Waals surface area (Å²) in [7, 11) is 0. The van der Waals surface area contributed by atoms with Gasteiger partial charge in [0.2, 0.25) is 0 Å². The Hall–Kier alpha value is -3.41. The Kier molecular flexibility index (Phi) is 5.12. The molecule has 3 rings (SSSR count). The monoisotopic (exact) mass is 349 g/mol. The number of carbonyl (C=O) groups excluding carboxylic acids is 2. The first kappa shape index (κ1) is 17.4. The molecule has 0 atom stereocenters. The quantitative estimate of drug-likeness (QED) is 0.718. The van der Waals surface area contributed by atoms with Gasteiger partial charge in [0.15, 0.2) is 6.61 Å². The van der Waals surface area contributed by atoms with Gasteiger partial charge >= 0.3 is 5.97 Å². The van der Waals surface area contributed by atoms with E-state index in [0.29, 0.717) is 11.3 Å². The average molecular weight is 349 g/mol. The minimum atomic E-state index is -0.548. The fourth-order valence-corrected chi connectivity index (χ4v) is 2.49. The summed E-state index contributed by atoms with van der Waals surface area (Å²) in [4.78, 5) is 24.1. The number of esters is 1. The smallest absolute Gasteiger partial charge is 0.338 e. The van der Waals surface area contributed by atoms with Crippen LogP contribution in [0.5, 0.6) is 0 Å². The molecular weight excluding hydrogens is 330 g/mol. The van der Waals surface area contributed by atoms with Crippen molar-refractivity contribution in [3.8, 4) is 5.69 Å². The van der Waals surface area contributed by atoms with E-state index in [1.807, 2.05) is 38.1 Å². The van der Waals surface area contributed by atoms with Crippen molar-refractivity contribution in [2.24, 2.45) is 0 Å². The highest BCUT2D eigenvalue weighted by atomic mass is 16.5. The third-order valence-corrected chi connectivity index (χ3v) is 3.93. The number of nitrogens with zero attached hydrogens (tertiary/aromatic N) is 2. The summed E-state index contributed by atoms with van der Waals surface area (Å²) >= 11 is 0.